The fourth-order valence-electron chi connectivity index (χ4n) is 4.36. The summed E-state index contributed by atoms with van der Waals surface area (Å²) in [4.78, 5) is 9.23. The van der Waals surface area contributed by atoms with E-state index in [4.69, 9.17) is 9.72 Å². The molecule has 4 nitrogen and oxygen atoms in total. The van der Waals surface area contributed by atoms with E-state index in [1.165, 1.54) is 5.39 Å². The number of para-hydroxylation sites is 1. The van der Waals surface area contributed by atoms with Crippen molar-refractivity contribution in [1.29, 1.82) is 0 Å². The summed E-state index contributed by atoms with van der Waals surface area (Å²) in [5.41, 5.74) is 5.01. The zero-order valence-corrected chi connectivity index (χ0v) is 22.2. The molecule has 0 amide bonds. The van der Waals surface area contributed by atoms with E-state index in [1.54, 1.807) is 6.20 Å². The molecule has 36 heavy (non-hydrogen) atoms. The van der Waals surface area contributed by atoms with Crippen molar-refractivity contribution in [1.82, 2.24) is 14.5 Å². The van der Waals surface area contributed by atoms with Crippen LogP contribution in [0.2, 0.25) is 0 Å². The zero-order chi connectivity index (χ0) is 23.8. The minimum Gasteiger partial charge on any atom is -0.460 e. The van der Waals surface area contributed by atoms with Gasteiger partial charge in [-0.15, -0.1) is 18.2 Å². The normalized spacial score (nSPS) is 11.1. The Morgan fingerprint density at radius 1 is 0.750 bits per heavy atom. The van der Waals surface area contributed by atoms with Crippen molar-refractivity contribution in [2.75, 3.05) is 0 Å². The van der Waals surface area contributed by atoms with Crippen molar-refractivity contribution >= 4 is 21.8 Å². The third kappa shape index (κ3) is 4.45. The van der Waals surface area contributed by atoms with E-state index in [9.17, 15) is 0 Å². The number of benzene rings is 3. The van der Waals surface area contributed by atoms with Gasteiger partial charge in [-0.2, -0.15) is 24.3 Å². The van der Waals surface area contributed by atoms with Crippen LogP contribution in [0.25, 0.3) is 38.8 Å². The Balaban J connectivity index is 0.00000267. The number of rotatable bonds is 5. The predicted molar refractivity (Wildman–Crippen MR) is 140 cm³/mol. The SMILES string of the molecule is CC(C)c1cccc(-n2c3[c-]c(-c4[c-]c(Oc5ccccn5)ccc4)ccc3c3ccccc32)n1.[Pt+2]. The van der Waals surface area contributed by atoms with Crippen LogP contribution in [0.5, 0.6) is 11.6 Å². The molecule has 0 radical (unpaired) electrons. The molecule has 0 unspecified atom stereocenters. The molecule has 0 bridgehead atoms. The quantitative estimate of drug-likeness (QED) is 0.180. The molecule has 0 aliphatic rings. The summed E-state index contributed by atoms with van der Waals surface area (Å²) < 4.78 is 8.11. The van der Waals surface area contributed by atoms with Crippen LogP contribution >= 0.6 is 0 Å². The van der Waals surface area contributed by atoms with E-state index < -0.39 is 0 Å². The molecule has 6 rings (SSSR count). The van der Waals surface area contributed by atoms with Crippen LogP contribution in [-0.4, -0.2) is 14.5 Å². The number of hydrogen-bond acceptors (Lipinski definition) is 3. The molecule has 0 fully saturated rings. The summed E-state index contributed by atoms with van der Waals surface area (Å²) >= 11 is 0. The third-order valence-corrected chi connectivity index (χ3v) is 6.07. The zero-order valence-electron chi connectivity index (χ0n) is 19.9. The van der Waals surface area contributed by atoms with Gasteiger partial charge in [0.25, 0.3) is 0 Å². The van der Waals surface area contributed by atoms with Crippen LogP contribution in [0.1, 0.15) is 25.5 Å². The molecule has 0 saturated carbocycles. The maximum Gasteiger partial charge on any atom is 2.00 e. The molecule has 178 valence electrons. The maximum absolute atomic E-state index is 5.91. The molecule has 0 aliphatic heterocycles. The molecule has 0 aliphatic carbocycles. The van der Waals surface area contributed by atoms with Gasteiger partial charge in [0.1, 0.15) is 5.82 Å². The molecule has 0 saturated heterocycles. The Bertz CT molecular complexity index is 1660. The summed E-state index contributed by atoms with van der Waals surface area (Å²) in [5.74, 6) is 2.39. The van der Waals surface area contributed by atoms with Gasteiger partial charge in [-0.05, 0) is 41.1 Å². The van der Waals surface area contributed by atoms with Crippen LogP contribution < -0.4 is 4.74 Å². The van der Waals surface area contributed by atoms with Crippen molar-refractivity contribution in [2.45, 2.75) is 19.8 Å². The molecule has 3 heterocycles. The topological polar surface area (TPSA) is 39.9 Å². The van der Waals surface area contributed by atoms with Gasteiger partial charge in [-0.1, -0.05) is 49.6 Å². The van der Waals surface area contributed by atoms with Gasteiger partial charge < -0.3 is 9.30 Å². The van der Waals surface area contributed by atoms with Crippen molar-refractivity contribution in [3.63, 3.8) is 0 Å². The first kappa shape index (κ1) is 24.0. The van der Waals surface area contributed by atoms with Gasteiger partial charge in [0.15, 0.2) is 0 Å². The molecular formula is C31H23N3OPt. The van der Waals surface area contributed by atoms with Crippen LogP contribution in [0.3, 0.4) is 0 Å². The number of fused-ring (bicyclic) bond motifs is 3. The number of ether oxygens (including phenoxy) is 1. The van der Waals surface area contributed by atoms with E-state index in [0.29, 0.717) is 17.5 Å². The Labute approximate surface area is 224 Å². The molecule has 3 aromatic carbocycles. The maximum atomic E-state index is 5.91. The van der Waals surface area contributed by atoms with E-state index in [2.05, 4.69) is 90.1 Å². The molecule has 0 N–H and O–H groups in total. The van der Waals surface area contributed by atoms with Gasteiger partial charge >= 0.3 is 21.1 Å². The number of hydrogen-bond donors (Lipinski definition) is 0. The van der Waals surface area contributed by atoms with Gasteiger partial charge in [-0.25, -0.2) is 21.1 Å². The molecular weight excluding hydrogens is 625 g/mol. The number of pyridine rings is 2. The summed E-state index contributed by atoms with van der Waals surface area (Å²) in [6, 6.07) is 37.4. The van der Waals surface area contributed by atoms with Crippen molar-refractivity contribution in [2.24, 2.45) is 0 Å². The Kier molecular flexibility index (Phi) is 6.71. The molecule has 6 aromatic rings. The van der Waals surface area contributed by atoms with Crippen LogP contribution in [-0.2, 0) is 21.1 Å². The summed E-state index contributed by atoms with van der Waals surface area (Å²) in [7, 11) is 0. The number of nitrogens with zero attached hydrogens (tertiary/aromatic N) is 3. The van der Waals surface area contributed by atoms with Crippen molar-refractivity contribution < 1.29 is 25.8 Å². The monoisotopic (exact) mass is 648 g/mol. The summed E-state index contributed by atoms with van der Waals surface area (Å²) in [6.07, 6.45) is 1.71. The van der Waals surface area contributed by atoms with Crippen LogP contribution in [0.4, 0.5) is 0 Å². The Morgan fingerprint density at radius 3 is 2.39 bits per heavy atom. The minimum absolute atomic E-state index is 0. The van der Waals surface area contributed by atoms with Gasteiger partial charge in [0.2, 0.25) is 5.88 Å². The fourth-order valence-corrected chi connectivity index (χ4v) is 4.36. The second-order valence-corrected chi connectivity index (χ2v) is 8.76. The average Bonchev–Trinajstić information content (AvgIpc) is 3.23. The van der Waals surface area contributed by atoms with E-state index in [1.807, 2.05) is 36.4 Å². The first-order chi connectivity index (χ1) is 17.2. The summed E-state index contributed by atoms with van der Waals surface area (Å²) in [5, 5.41) is 2.32. The fraction of sp³-hybridized carbons (Fsp3) is 0.0968. The van der Waals surface area contributed by atoms with E-state index in [0.717, 1.165) is 39.1 Å². The predicted octanol–water partition coefficient (Wildman–Crippen LogP) is 7.75. The van der Waals surface area contributed by atoms with Gasteiger partial charge in [-0.3, -0.25) is 0 Å². The molecule has 0 atom stereocenters. The Morgan fingerprint density at radius 2 is 1.56 bits per heavy atom. The molecule has 3 aromatic heterocycles. The minimum atomic E-state index is 0. The third-order valence-electron chi connectivity index (χ3n) is 6.07. The van der Waals surface area contributed by atoms with E-state index in [-0.39, 0.29) is 21.1 Å². The largest absolute Gasteiger partial charge is 2.00 e. The van der Waals surface area contributed by atoms with E-state index >= 15 is 0 Å². The molecule has 0 spiro atoms. The smallest absolute Gasteiger partial charge is 0.460 e. The average molecular weight is 649 g/mol. The second-order valence-electron chi connectivity index (χ2n) is 8.76. The van der Waals surface area contributed by atoms with Crippen molar-refractivity contribution in [3.05, 3.63) is 115 Å². The standard InChI is InChI=1S/C31H23N3O.Pt/c1-21(2)27-12-8-14-30(33-27)34-28-13-4-3-11-25(28)26-17-16-23(20-29(26)34)22-9-7-10-24(19-22)35-31-15-5-6-18-32-31;/h3-18,21H,1-2H3;/q-2;+2. The van der Waals surface area contributed by atoms with Gasteiger partial charge in [0, 0.05) is 29.2 Å². The van der Waals surface area contributed by atoms with Crippen LogP contribution in [0, 0.1) is 12.1 Å². The first-order valence-electron chi connectivity index (χ1n) is 11.7. The Hall–Kier alpha value is -3.75. The summed E-state index contributed by atoms with van der Waals surface area (Å²) in [6.45, 7) is 4.33. The van der Waals surface area contributed by atoms with Crippen molar-refractivity contribution in [3.8, 4) is 28.6 Å². The number of aromatic nitrogens is 3. The molecule has 5 heteroatoms. The first-order valence-corrected chi connectivity index (χ1v) is 11.7. The van der Waals surface area contributed by atoms with Gasteiger partial charge in [0.05, 0.1) is 0 Å². The second kappa shape index (κ2) is 10.1. The van der Waals surface area contributed by atoms with Crippen LogP contribution in [0.15, 0.2) is 97.2 Å².